The molecule has 0 aromatic heterocycles. The largest absolute Gasteiger partial charge is 0.481 e. The fraction of sp³-hybridized carbons (Fsp3) is 0.900. The molecule has 1 N–H and O–H groups in total. The van der Waals surface area contributed by atoms with Crippen LogP contribution in [0.4, 0.5) is 0 Å². The first-order chi connectivity index (χ1) is 12.9. The van der Waals surface area contributed by atoms with Crippen molar-refractivity contribution in [3.63, 3.8) is 0 Å². The number of nitriles is 1. The maximum absolute atomic E-state index is 10.4. The SMILES string of the molecule is CC(C)N(C(C)C)P(OCCC#N)OCCCCCCCCCCC(=O)O. The summed E-state index contributed by atoms with van der Waals surface area (Å²) in [7, 11) is -1.12. The van der Waals surface area contributed by atoms with E-state index in [2.05, 4.69) is 38.4 Å². The quantitative estimate of drug-likeness (QED) is 0.228. The lowest BCUT2D eigenvalue weighted by molar-refractivity contribution is -0.137. The normalized spacial score (nSPS) is 12.7. The molecule has 0 aromatic rings. The summed E-state index contributed by atoms with van der Waals surface area (Å²) in [5.74, 6) is -0.694. The van der Waals surface area contributed by atoms with Gasteiger partial charge in [-0.15, -0.1) is 0 Å². The van der Waals surface area contributed by atoms with Gasteiger partial charge >= 0.3 is 5.97 Å². The van der Waals surface area contributed by atoms with Crippen LogP contribution < -0.4 is 0 Å². The lowest BCUT2D eigenvalue weighted by atomic mass is 10.1. The van der Waals surface area contributed by atoms with E-state index in [1.165, 1.54) is 19.3 Å². The molecule has 7 heteroatoms. The van der Waals surface area contributed by atoms with E-state index in [4.69, 9.17) is 19.4 Å². The summed E-state index contributed by atoms with van der Waals surface area (Å²) in [6.07, 6.45) is 9.33. The van der Waals surface area contributed by atoms with E-state index in [1.54, 1.807) is 0 Å². The van der Waals surface area contributed by atoms with Crippen LogP contribution in [0.3, 0.4) is 0 Å². The van der Waals surface area contributed by atoms with Crippen LogP contribution in [0.2, 0.25) is 0 Å². The Morgan fingerprint density at radius 2 is 1.41 bits per heavy atom. The summed E-state index contributed by atoms with van der Waals surface area (Å²) >= 11 is 0. The van der Waals surface area contributed by atoms with Crippen molar-refractivity contribution >= 4 is 14.5 Å². The first kappa shape index (κ1) is 26.3. The molecular formula is C20H39N2O4P. The minimum atomic E-state index is -1.12. The van der Waals surface area contributed by atoms with Crippen molar-refractivity contribution in [2.75, 3.05) is 13.2 Å². The van der Waals surface area contributed by atoms with E-state index in [-0.39, 0.29) is 0 Å². The number of hydrogen-bond acceptors (Lipinski definition) is 5. The van der Waals surface area contributed by atoms with Gasteiger partial charge in [-0.1, -0.05) is 38.5 Å². The van der Waals surface area contributed by atoms with Crippen LogP contribution in [0.15, 0.2) is 0 Å². The Kier molecular flexibility index (Phi) is 16.9. The summed E-state index contributed by atoms with van der Waals surface area (Å²) in [4.78, 5) is 10.4. The second kappa shape index (κ2) is 17.4. The third kappa shape index (κ3) is 14.9. The zero-order valence-electron chi connectivity index (χ0n) is 17.7. The van der Waals surface area contributed by atoms with Crippen molar-refractivity contribution in [3.8, 4) is 6.07 Å². The van der Waals surface area contributed by atoms with Crippen LogP contribution in [0.25, 0.3) is 0 Å². The second-order valence-electron chi connectivity index (χ2n) is 7.35. The van der Waals surface area contributed by atoms with Crippen molar-refractivity contribution in [1.82, 2.24) is 4.67 Å². The second-order valence-corrected chi connectivity index (χ2v) is 8.81. The number of nitrogens with zero attached hydrogens (tertiary/aromatic N) is 2. The van der Waals surface area contributed by atoms with Crippen LogP contribution in [-0.2, 0) is 13.8 Å². The maximum Gasteiger partial charge on any atom is 0.303 e. The molecule has 0 aliphatic rings. The van der Waals surface area contributed by atoms with E-state index in [9.17, 15) is 4.79 Å². The van der Waals surface area contributed by atoms with Gasteiger partial charge in [0.25, 0.3) is 8.53 Å². The van der Waals surface area contributed by atoms with Crippen LogP contribution in [-0.4, -0.2) is 41.0 Å². The highest BCUT2D eigenvalue weighted by atomic mass is 31.2. The minimum Gasteiger partial charge on any atom is -0.481 e. The van der Waals surface area contributed by atoms with Gasteiger partial charge in [0.1, 0.15) is 0 Å². The number of carbonyl (C=O) groups is 1. The van der Waals surface area contributed by atoms with Gasteiger partial charge in [-0.3, -0.25) is 4.79 Å². The molecule has 6 nitrogen and oxygen atoms in total. The number of unbranched alkanes of at least 4 members (excludes halogenated alkanes) is 7. The van der Waals surface area contributed by atoms with Gasteiger partial charge in [0.2, 0.25) is 0 Å². The zero-order chi connectivity index (χ0) is 20.5. The smallest absolute Gasteiger partial charge is 0.303 e. The molecule has 0 rings (SSSR count). The summed E-state index contributed by atoms with van der Waals surface area (Å²) in [5.41, 5.74) is 0. The topological polar surface area (TPSA) is 82.8 Å². The fourth-order valence-corrected chi connectivity index (χ4v) is 4.52. The van der Waals surface area contributed by atoms with Crippen LogP contribution >= 0.6 is 8.53 Å². The van der Waals surface area contributed by atoms with E-state index >= 15 is 0 Å². The molecule has 158 valence electrons. The highest BCUT2D eigenvalue weighted by molar-refractivity contribution is 7.44. The molecule has 0 aliphatic heterocycles. The van der Waals surface area contributed by atoms with E-state index in [0.717, 1.165) is 32.1 Å². The Bertz CT molecular complexity index is 405. The van der Waals surface area contributed by atoms with Gasteiger partial charge in [0.05, 0.1) is 25.7 Å². The minimum absolute atomic E-state index is 0.292. The lowest BCUT2D eigenvalue weighted by Gasteiger charge is -2.35. The number of hydrogen-bond donors (Lipinski definition) is 1. The highest BCUT2D eigenvalue weighted by Gasteiger charge is 2.26. The van der Waals surface area contributed by atoms with Gasteiger partial charge in [0, 0.05) is 18.5 Å². The molecule has 27 heavy (non-hydrogen) atoms. The first-order valence-corrected chi connectivity index (χ1v) is 11.5. The number of rotatable bonds is 18. The predicted octanol–water partition coefficient (Wildman–Crippen LogP) is 5.87. The molecule has 0 radical (unpaired) electrons. The molecule has 0 bridgehead atoms. The molecular weight excluding hydrogens is 363 g/mol. The Morgan fingerprint density at radius 1 is 0.926 bits per heavy atom. The maximum atomic E-state index is 10.4. The van der Waals surface area contributed by atoms with Gasteiger partial charge in [0.15, 0.2) is 0 Å². The van der Waals surface area contributed by atoms with Gasteiger partial charge in [-0.2, -0.15) is 5.26 Å². The first-order valence-electron chi connectivity index (χ1n) is 10.3. The van der Waals surface area contributed by atoms with Crippen LogP contribution in [0.5, 0.6) is 0 Å². The summed E-state index contributed by atoms with van der Waals surface area (Å²) in [5, 5.41) is 17.3. The molecule has 0 aromatic carbocycles. The third-order valence-electron chi connectivity index (χ3n) is 4.15. The monoisotopic (exact) mass is 402 g/mol. The third-order valence-corrected chi connectivity index (χ3v) is 6.26. The average molecular weight is 403 g/mol. The molecule has 1 atom stereocenters. The Hall–Kier alpha value is -0.730. The standard InChI is InChI=1S/C20H39N2O4P/c1-18(2)22(19(3)4)27(26-17-13-15-21)25-16-12-10-8-6-5-7-9-11-14-20(23)24/h18-19H,5-14,16-17H2,1-4H3,(H,23,24). The average Bonchev–Trinajstić information content (AvgIpc) is 2.58. The molecule has 1 unspecified atom stereocenters. The molecule has 0 fully saturated rings. The van der Waals surface area contributed by atoms with Gasteiger partial charge < -0.3 is 14.2 Å². The van der Waals surface area contributed by atoms with Crippen molar-refractivity contribution in [2.45, 2.75) is 104 Å². The van der Waals surface area contributed by atoms with E-state index in [1.807, 2.05) is 0 Å². The summed E-state index contributed by atoms with van der Waals surface area (Å²) in [6.45, 7) is 9.67. The van der Waals surface area contributed by atoms with E-state index < -0.39 is 14.5 Å². The Balaban J connectivity index is 3.92. The number of carboxylic acid groups (broad SMARTS) is 1. The highest BCUT2D eigenvalue weighted by Crippen LogP contribution is 2.46. The number of carboxylic acids is 1. The molecule has 0 aliphatic carbocycles. The predicted molar refractivity (Wildman–Crippen MR) is 110 cm³/mol. The van der Waals surface area contributed by atoms with Gasteiger partial charge in [-0.05, 0) is 40.5 Å². The zero-order valence-corrected chi connectivity index (χ0v) is 18.5. The Labute approximate surface area is 167 Å². The molecule has 0 heterocycles. The van der Waals surface area contributed by atoms with Gasteiger partial charge in [-0.25, -0.2) is 4.67 Å². The summed E-state index contributed by atoms with van der Waals surface area (Å²) < 4.78 is 14.2. The summed E-state index contributed by atoms with van der Waals surface area (Å²) in [6, 6.07) is 2.78. The van der Waals surface area contributed by atoms with E-state index in [0.29, 0.717) is 38.1 Å². The van der Waals surface area contributed by atoms with Crippen molar-refractivity contribution in [1.29, 1.82) is 5.26 Å². The van der Waals surface area contributed by atoms with Crippen LogP contribution in [0.1, 0.15) is 91.9 Å². The molecule has 0 saturated carbocycles. The molecule has 0 spiro atoms. The van der Waals surface area contributed by atoms with Crippen molar-refractivity contribution < 1.29 is 18.9 Å². The lowest BCUT2D eigenvalue weighted by Crippen LogP contribution is -2.33. The van der Waals surface area contributed by atoms with Crippen LogP contribution in [0, 0.1) is 11.3 Å². The fourth-order valence-electron chi connectivity index (χ4n) is 2.89. The van der Waals surface area contributed by atoms with Crippen molar-refractivity contribution in [2.24, 2.45) is 0 Å². The van der Waals surface area contributed by atoms with Crippen molar-refractivity contribution in [3.05, 3.63) is 0 Å². The number of aliphatic carboxylic acids is 1. The molecule has 0 amide bonds. The Morgan fingerprint density at radius 3 is 1.89 bits per heavy atom. The molecule has 0 saturated heterocycles.